The van der Waals surface area contributed by atoms with Crippen LogP contribution in [0.3, 0.4) is 0 Å². The lowest BCUT2D eigenvalue weighted by molar-refractivity contribution is -0.147. The quantitative estimate of drug-likeness (QED) is 0.703. The molecule has 0 radical (unpaired) electrons. The van der Waals surface area contributed by atoms with Crippen molar-refractivity contribution in [3.8, 4) is 0 Å². The van der Waals surface area contributed by atoms with Crippen LogP contribution < -0.4 is 0 Å². The van der Waals surface area contributed by atoms with Gasteiger partial charge in [-0.05, 0) is 46.0 Å². The van der Waals surface area contributed by atoms with E-state index in [9.17, 15) is 9.59 Å². The van der Waals surface area contributed by atoms with Crippen LogP contribution in [0.25, 0.3) is 0 Å². The molecule has 2 aliphatic carbocycles. The highest BCUT2D eigenvalue weighted by molar-refractivity contribution is 5.90. The third-order valence-corrected chi connectivity index (χ3v) is 3.89. The first-order chi connectivity index (χ1) is 10.5. The molecule has 0 saturated heterocycles. The van der Waals surface area contributed by atoms with Gasteiger partial charge in [0.15, 0.2) is 0 Å². The maximum Gasteiger partial charge on any atom is 0.334 e. The van der Waals surface area contributed by atoms with E-state index in [-0.39, 0.29) is 26.7 Å². The third kappa shape index (κ3) is 7.49. The van der Waals surface area contributed by atoms with Crippen molar-refractivity contribution in [1.29, 1.82) is 0 Å². The van der Waals surface area contributed by atoms with Gasteiger partial charge in [-0.3, -0.25) is 4.79 Å². The van der Waals surface area contributed by atoms with Gasteiger partial charge in [0.25, 0.3) is 0 Å². The van der Waals surface area contributed by atoms with E-state index in [4.69, 9.17) is 9.47 Å². The van der Waals surface area contributed by atoms with Crippen LogP contribution in [-0.4, -0.2) is 25.2 Å². The van der Waals surface area contributed by atoms with Gasteiger partial charge in [-0.2, -0.15) is 0 Å². The Morgan fingerprint density at radius 1 is 1.17 bits per heavy atom. The number of rotatable bonds is 4. The molecule has 4 heteroatoms. The summed E-state index contributed by atoms with van der Waals surface area (Å²) in [5, 5.41) is 0. The van der Waals surface area contributed by atoms with E-state index in [2.05, 4.69) is 6.92 Å². The summed E-state index contributed by atoms with van der Waals surface area (Å²) < 4.78 is 9.77. The minimum atomic E-state index is -0.180. The van der Waals surface area contributed by atoms with Crippen molar-refractivity contribution in [1.82, 2.24) is 0 Å². The van der Waals surface area contributed by atoms with Gasteiger partial charge in [0.05, 0.1) is 19.1 Å². The molecule has 134 valence electrons. The summed E-state index contributed by atoms with van der Waals surface area (Å²) in [7, 11) is 0. The van der Waals surface area contributed by atoms with Gasteiger partial charge >= 0.3 is 11.9 Å². The molecule has 2 unspecified atom stereocenters. The minimum Gasteiger partial charge on any atom is -0.466 e. The smallest absolute Gasteiger partial charge is 0.334 e. The summed E-state index contributed by atoms with van der Waals surface area (Å²) in [6.45, 7) is 8.84. The van der Waals surface area contributed by atoms with Gasteiger partial charge in [0.1, 0.15) is 0 Å². The topological polar surface area (TPSA) is 52.6 Å². The van der Waals surface area contributed by atoms with Crippen molar-refractivity contribution in [2.24, 2.45) is 11.8 Å². The van der Waals surface area contributed by atoms with E-state index in [1.165, 1.54) is 12.0 Å². The second kappa shape index (κ2) is 11.0. The standard InChI is InChI=1S/C9H16O2.C9H12O2.CH4.H2/c2*1-3-11-9(10)8-5-4-7(2)6-8;;/h7-8H,3-6H2,1-2H3;4-5H,3,6H2,1-2H3;1H4;1H. The average molecular weight is 326 g/mol. The molecule has 23 heavy (non-hydrogen) atoms. The molecule has 0 aromatic rings. The van der Waals surface area contributed by atoms with E-state index < -0.39 is 0 Å². The van der Waals surface area contributed by atoms with Gasteiger partial charge in [-0.15, -0.1) is 0 Å². The number of hydrogen-bond acceptors (Lipinski definition) is 4. The van der Waals surface area contributed by atoms with Crippen LogP contribution in [0.1, 0.15) is 62.2 Å². The molecule has 0 amide bonds. The Bertz CT molecular complexity index is 454. The fourth-order valence-corrected chi connectivity index (χ4v) is 2.71. The lowest BCUT2D eigenvalue weighted by Gasteiger charge is -2.07. The van der Waals surface area contributed by atoms with Crippen molar-refractivity contribution in [2.45, 2.75) is 60.8 Å². The number of carbonyl (C=O) groups excluding carboxylic acids is 2. The van der Waals surface area contributed by atoms with Crippen LogP contribution in [0.4, 0.5) is 0 Å². The van der Waals surface area contributed by atoms with Gasteiger partial charge in [0.2, 0.25) is 0 Å². The van der Waals surface area contributed by atoms with E-state index >= 15 is 0 Å². The molecule has 2 atom stereocenters. The zero-order valence-corrected chi connectivity index (χ0v) is 14.2. The Morgan fingerprint density at radius 2 is 1.83 bits per heavy atom. The van der Waals surface area contributed by atoms with Crippen LogP contribution in [0.15, 0.2) is 23.3 Å². The van der Waals surface area contributed by atoms with Crippen molar-refractivity contribution < 1.29 is 20.5 Å². The van der Waals surface area contributed by atoms with Crippen molar-refractivity contribution in [3.05, 3.63) is 23.3 Å². The largest absolute Gasteiger partial charge is 0.466 e. The highest BCUT2D eigenvalue weighted by Gasteiger charge is 2.28. The summed E-state index contributed by atoms with van der Waals surface area (Å²) in [6.07, 6.45) is 7.76. The number of esters is 2. The number of allylic oxidation sites excluding steroid dienone is 3. The lowest BCUT2D eigenvalue weighted by Crippen LogP contribution is -2.14. The molecule has 2 rings (SSSR count). The van der Waals surface area contributed by atoms with Crippen LogP contribution in [0.5, 0.6) is 0 Å². The van der Waals surface area contributed by atoms with E-state index in [1.807, 2.05) is 32.9 Å². The fourth-order valence-electron chi connectivity index (χ4n) is 2.71. The molecule has 0 heterocycles. The zero-order valence-electron chi connectivity index (χ0n) is 14.2. The predicted molar refractivity (Wildman–Crippen MR) is 95.1 cm³/mol. The lowest BCUT2D eigenvalue weighted by atomic mass is 10.1. The van der Waals surface area contributed by atoms with E-state index in [0.717, 1.165) is 24.8 Å². The van der Waals surface area contributed by atoms with E-state index in [1.54, 1.807) is 0 Å². The molecule has 0 aliphatic heterocycles. The van der Waals surface area contributed by atoms with Gasteiger partial charge in [-0.25, -0.2) is 4.79 Å². The molecule has 0 aromatic heterocycles. The maximum absolute atomic E-state index is 11.2. The Labute approximate surface area is 142 Å². The second-order valence-corrected chi connectivity index (χ2v) is 5.97. The summed E-state index contributed by atoms with van der Waals surface area (Å²) in [5.41, 5.74) is 1.98. The highest BCUT2D eigenvalue weighted by Crippen LogP contribution is 2.30. The van der Waals surface area contributed by atoms with E-state index in [0.29, 0.717) is 19.1 Å². The number of ether oxygens (including phenoxy) is 2. The minimum absolute atomic E-state index is 0. The van der Waals surface area contributed by atoms with Gasteiger partial charge in [0, 0.05) is 13.4 Å². The molecule has 1 saturated carbocycles. The van der Waals surface area contributed by atoms with Crippen molar-refractivity contribution in [3.63, 3.8) is 0 Å². The molecule has 0 bridgehead atoms. The molecule has 1 fully saturated rings. The molecule has 0 aromatic carbocycles. The summed E-state index contributed by atoms with van der Waals surface area (Å²) in [4.78, 5) is 22.2. The van der Waals surface area contributed by atoms with Gasteiger partial charge < -0.3 is 9.47 Å². The van der Waals surface area contributed by atoms with Crippen LogP contribution in [0.2, 0.25) is 0 Å². The molecular weight excluding hydrogens is 292 g/mol. The van der Waals surface area contributed by atoms with Crippen molar-refractivity contribution >= 4 is 11.9 Å². The Balaban J connectivity index is 0. The first kappa shape index (κ1) is 21.4. The van der Waals surface area contributed by atoms with Gasteiger partial charge in [-0.1, -0.05) is 32.1 Å². The predicted octanol–water partition coefficient (Wildman–Crippen LogP) is 4.69. The molecule has 2 aliphatic rings. The Morgan fingerprint density at radius 3 is 2.26 bits per heavy atom. The van der Waals surface area contributed by atoms with Crippen LogP contribution in [-0.2, 0) is 19.1 Å². The normalized spacial score (nSPS) is 22.1. The van der Waals surface area contributed by atoms with Crippen molar-refractivity contribution in [2.75, 3.05) is 13.2 Å². The maximum atomic E-state index is 11.2. The summed E-state index contributed by atoms with van der Waals surface area (Å²) in [5.74, 6) is 0.742. The zero-order chi connectivity index (χ0) is 16.5. The average Bonchev–Trinajstić information content (AvgIpc) is 3.09. The molecule has 0 N–H and O–H groups in total. The summed E-state index contributed by atoms with van der Waals surface area (Å²) in [6, 6.07) is 0. The highest BCUT2D eigenvalue weighted by atomic mass is 16.5. The fraction of sp³-hybridized carbons (Fsp3) is 0.684. The first-order valence-corrected chi connectivity index (χ1v) is 8.17. The van der Waals surface area contributed by atoms with Crippen LogP contribution >= 0.6 is 0 Å². The summed E-state index contributed by atoms with van der Waals surface area (Å²) >= 11 is 0. The Hall–Kier alpha value is -1.58. The SMILES string of the molecule is C.CCOC(=O)C1=CC=C(C)C1.CCOC(=O)C1CCC(C)C1.[HH]. The molecule has 4 nitrogen and oxygen atoms in total. The molecular formula is C19H34O4. The second-order valence-electron chi connectivity index (χ2n) is 5.97. The number of carbonyl (C=O) groups is 2. The Kier molecular flexibility index (Phi) is 10.3. The van der Waals surface area contributed by atoms with Crippen LogP contribution in [0, 0.1) is 11.8 Å². The monoisotopic (exact) mass is 326 g/mol. The first-order valence-electron chi connectivity index (χ1n) is 8.17. The third-order valence-electron chi connectivity index (χ3n) is 3.89. The number of hydrogen-bond donors (Lipinski definition) is 0. The molecule has 0 spiro atoms.